The maximum absolute atomic E-state index is 12.5. The van der Waals surface area contributed by atoms with Gasteiger partial charge >= 0.3 is 0 Å². The molecule has 2 heterocycles. The molecule has 4 rings (SSSR count). The van der Waals surface area contributed by atoms with E-state index in [0.717, 1.165) is 24.5 Å². The van der Waals surface area contributed by atoms with Crippen LogP contribution >= 0.6 is 0 Å². The van der Waals surface area contributed by atoms with Gasteiger partial charge in [-0.15, -0.1) is 0 Å². The van der Waals surface area contributed by atoms with E-state index < -0.39 is 6.10 Å². The summed E-state index contributed by atoms with van der Waals surface area (Å²) >= 11 is 0. The Morgan fingerprint density at radius 1 is 1.03 bits per heavy atom. The lowest BCUT2D eigenvalue weighted by molar-refractivity contribution is -0.136. The van der Waals surface area contributed by atoms with Gasteiger partial charge in [-0.1, -0.05) is 12.1 Å². The lowest BCUT2D eigenvalue weighted by Gasteiger charge is -2.36. The van der Waals surface area contributed by atoms with Gasteiger partial charge in [0.15, 0.2) is 11.5 Å². The third-order valence-electron chi connectivity index (χ3n) is 5.28. The van der Waals surface area contributed by atoms with Gasteiger partial charge < -0.3 is 29.3 Å². The van der Waals surface area contributed by atoms with Crippen LogP contribution in [0, 0.1) is 0 Å². The largest absolute Gasteiger partial charge is 0.497 e. The minimum atomic E-state index is -0.764. The van der Waals surface area contributed by atoms with Crippen molar-refractivity contribution in [3.05, 3.63) is 48.5 Å². The highest BCUT2D eigenvalue weighted by Crippen LogP contribution is 2.30. The van der Waals surface area contributed by atoms with Crippen LogP contribution in [0.3, 0.4) is 0 Å². The van der Waals surface area contributed by atoms with Gasteiger partial charge in [0.2, 0.25) is 12.0 Å². The second-order valence-electron chi connectivity index (χ2n) is 7.15. The number of hydrogen-bond acceptors (Lipinski definition) is 6. The molecule has 1 atom stereocenters. The number of carbonyl (C=O) groups is 2. The normalized spacial score (nSPS) is 18.0. The number of amides is 2. The molecule has 8 nitrogen and oxygen atoms in total. The lowest BCUT2D eigenvalue weighted by atomic mass is 10.2. The van der Waals surface area contributed by atoms with Crippen molar-refractivity contribution in [3.63, 3.8) is 0 Å². The van der Waals surface area contributed by atoms with Gasteiger partial charge in [0, 0.05) is 31.9 Å². The molecule has 0 unspecified atom stereocenters. The number of carbonyl (C=O) groups excluding carboxylic acids is 2. The molecule has 1 saturated heterocycles. The van der Waals surface area contributed by atoms with Gasteiger partial charge in [-0.25, -0.2) is 0 Å². The molecule has 2 aliphatic rings. The van der Waals surface area contributed by atoms with Crippen molar-refractivity contribution in [2.75, 3.05) is 51.3 Å². The Kier molecular flexibility index (Phi) is 5.92. The highest BCUT2D eigenvalue weighted by molar-refractivity contribution is 5.87. The molecule has 1 N–H and O–H groups in total. The number of nitrogens with one attached hydrogen (secondary N) is 1. The second-order valence-corrected chi connectivity index (χ2v) is 7.15. The summed E-state index contributed by atoms with van der Waals surface area (Å²) in [7, 11) is 1.64. The summed E-state index contributed by atoms with van der Waals surface area (Å²) in [6, 6.07) is 15.1. The number of para-hydroxylation sites is 2. The summed E-state index contributed by atoms with van der Waals surface area (Å²) in [4.78, 5) is 28.9. The third kappa shape index (κ3) is 4.42. The number of benzene rings is 2. The quantitative estimate of drug-likeness (QED) is 0.799. The summed E-state index contributed by atoms with van der Waals surface area (Å²) in [5, 5.41) is 2.67. The highest BCUT2D eigenvalue weighted by atomic mass is 16.6. The van der Waals surface area contributed by atoms with Crippen LogP contribution in [0.25, 0.3) is 0 Å². The average Bonchev–Trinajstić information content (AvgIpc) is 2.82. The van der Waals surface area contributed by atoms with Crippen molar-refractivity contribution in [1.29, 1.82) is 0 Å². The van der Waals surface area contributed by atoms with Crippen LogP contribution in [0.2, 0.25) is 0 Å². The van der Waals surface area contributed by atoms with Crippen LogP contribution in [0.1, 0.15) is 0 Å². The predicted octanol–water partition coefficient (Wildman–Crippen LogP) is 1.30. The molecule has 2 aromatic carbocycles. The summed E-state index contributed by atoms with van der Waals surface area (Å²) in [5.74, 6) is 1.51. The van der Waals surface area contributed by atoms with Crippen molar-refractivity contribution < 1.29 is 23.8 Å². The Hall–Kier alpha value is -3.42. The van der Waals surface area contributed by atoms with Crippen LogP contribution in [-0.4, -0.2) is 69.3 Å². The number of nitrogens with zero attached hydrogens (tertiary/aromatic N) is 2. The monoisotopic (exact) mass is 411 g/mol. The van der Waals surface area contributed by atoms with E-state index in [2.05, 4.69) is 10.2 Å². The van der Waals surface area contributed by atoms with E-state index in [0.29, 0.717) is 24.6 Å². The molecule has 0 aliphatic carbocycles. The van der Waals surface area contributed by atoms with Crippen LogP contribution in [-0.2, 0) is 9.59 Å². The number of fused-ring (bicyclic) bond motifs is 1. The Labute approximate surface area is 175 Å². The van der Waals surface area contributed by atoms with Crippen molar-refractivity contribution in [1.82, 2.24) is 10.2 Å². The van der Waals surface area contributed by atoms with Gasteiger partial charge in [-0.2, -0.15) is 0 Å². The van der Waals surface area contributed by atoms with Crippen LogP contribution in [0.15, 0.2) is 48.5 Å². The minimum Gasteiger partial charge on any atom is -0.497 e. The highest BCUT2D eigenvalue weighted by Gasteiger charge is 2.28. The summed E-state index contributed by atoms with van der Waals surface area (Å²) < 4.78 is 16.4. The molecule has 158 valence electrons. The number of piperazine rings is 1. The van der Waals surface area contributed by atoms with Crippen LogP contribution in [0.5, 0.6) is 17.2 Å². The Bertz CT molecular complexity index is 894. The molecule has 30 heavy (non-hydrogen) atoms. The van der Waals surface area contributed by atoms with Crippen molar-refractivity contribution in [3.8, 4) is 17.2 Å². The first kappa shape index (κ1) is 19.9. The first-order chi connectivity index (χ1) is 14.6. The van der Waals surface area contributed by atoms with Crippen molar-refractivity contribution in [2.45, 2.75) is 6.10 Å². The fourth-order valence-corrected chi connectivity index (χ4v) is 3.54. The minimum absolute atomic E-state index is 0.0527. The zero-order valence-corrected chi connectivity index (χ0v) is 16.9. The smallest absolute Gasteiger partial charge is 0.265 e. The molecular formula is C22H25N3O5. The van der Waals surface area contributed by atoms with Crippen molar-refractivity contribution in [2.24, 2.45) is 0 Å². The first-order valence-electron chi connectivity index (χ1n) is 9.97. The first-order valence-corrected chi connectivity index (χ1v) is 9.97. The maximum Gasteiger partial charge on any atom is 0.265 e. The average molecular weight is 411 g/mol. The van der Waals surface area contributed by atoms with Gasteiger partial charge in [0.25, 0.3) is 5.91 Å². The molecule has 0 aromatic heterocycles. The summed E-state index contributed by atoms with van der Waals surface area (Å²) in [6.07, 6.45) is -0.764. The number of ether oxygens (including phenoxy) is 3. The fourth-order valence-electron chi connectivity index (χ4n) is 3.54. The Morgan fingerprint density at radius 2 is 1.73 bits per heavy atom. The third-order valence-corrected chi connectivity index (χ3v) is 5.28. The lowest BCUT2D eigenvalue weighted by Crippen LogP contribution is -2.52. The number of hydrogen-bond donors (Lipinski definition) is 1. The maximum atomic E-state index is 12.5. The van der Waals surface area contributed by atoms with Gasteiger partial charge in [-0.3, -0.25) is 9.59 Å². The Balaban J connectivity index is 1.23. The van der Waals surface area contributed by atoms with Crippen LogP contribution in [0.4, 0.5) is 5.69 Å². The topological polar surface area (TPSA) is 80.3 Å². The molecule has 8 heteroatoms. The van der Waals surface area contributed by atoms with E-state index >= 15 is 0 Å². The molecule has 2 aliphatic heterocycles. The molecular weight excluding hydrogens is 386 g/mol. The van der Waals surface area contributed by atoms with E-state index in [4.69, 9.17) is 14.2 Å². The molecule has 0 spiro atoms. The van der Waals surface area contributed by atoms with E-state index in [1.165, 1.54) is 0 Å². The Morgan fingerprint density at radius 3 is 2.43 bits per heavy atom. The molecule has 2 aromatic rings. The zero-order chi connectivity index (χ0) is 20.9. The van der Waals surface area contributed by atoms with E-state index in [1.807, 2.05) is 36.4 Å². The van der Waals surface area contributed by atoms with Gasteiger partial charge in [0.1, 0.15) is 12.4 Å². The standard InChI is InChI=1S/C22H25N3O5/c1-28-17-8-6-16(7-9-17)24-10-12-25(13-11-24)21(26)14-23-22(27)20-15-29-18-4-2-3-5-19(18)30-20/h2-9,20H,10-15H2,1H3,(H,23,27)/t20-/m0/s1. The van der Waals surface area contributed by atoms with E-state index in [1.54, 1.807) is 24.1 Å². The molecule has 0 saturated carbocycles. The van der Waals surface area contributed by atoms with E-state index in [-0.39, 0.29) is 25.0 Å². The second kappa shape index (κ2) is 8.94. The SMILES string of the molecule is COc1ccc(N2CCN(C(=O)CNC(=O)[C@@H]3COc4ccccc4O3)CC2)cc1. The molecule has 0 radical (unpaired) electrons. The fraction of sp³-hybridized carbons (Fsp3) is 0.364. The van der Waals surface area contributed by atoms with Crippen molar-refractivity contribution >= 4 is 17.5 Å². The number of anilines is 1. The van der Waals surface area contributed by atoms with E-state index in [9.17, 15) is 9.59 Å². The predicted molar refractivity (Wildman–Crippen MR) is 111 cm³/mol. The number of rotatable bonds is 5. The zero-order valence-electron chi connectivity index (χ0n) is 16.9. The summed E-state index contributed by atoms with van der Waals surface area (Å²) in [5.41, 5.74) is 1.10. The molecule has 0 bridgehead atoms. The van der Waals surface area contributed by atoms with Gasteiger partial charge in [0.05, 0.1) is 13.7 Å². The van der Waals surface area contributed by atoms with Gasteiger partial charge in [-0.05, 0) is 36.4 Å². The molecule has 1 fully saturated rings. The summed E-state index contributed by atoms with van der Waals surface area (Å²) in [6.45, 7) is 2.76. The molecule has 2 amide bonds. The number of methoxy groups -OCH3 is 1. The van der Waals surface area contributed by atoms with Crippen LogP contribution < -0.4 is 24.4 Å².